The Hall–Kier alpha value is -0.930. The van der Waals surface area contributed by atoms with E-state index in [0.29, 0.717) is 12.1 Å². The van der Waals surface area contributed by atoms with E-state index in [0.717, 1.165) is 25.3 Å². The van der Waals surface area contributed by atoms with Gasteiger partial charge in [-0.25, -0.2) is 0 Å². The topological polar surface area (TPSA) is 28.2 Å². The quantitative estimate of drug-likeness (QED) is 0.864. The second kappa shape index (κ2) is 7.75. The van der Waals surface area contributed by atoms with Crippen LogP contribution in [0.15, 0.2) is 18.2 Å². The van der Waals surface area contributed by atoms with Gasteiger partial charge in [-0.15, -0.1) is 0 Å². The minimum atomic E-state index is 0.707. The lowest BCUT2D eigenvalue weighted by molar-refractivity contribution is 0.137. The highest BCUT2D eigenvalue weighted by atomic mass is 15.2. The van der Waals surface area contributed by atoms with Gasteiger partial charge in [0.15, 0.2) is 0 Å². The van der Waals surface area contributed by atoms with Crippen molar-refractivity contribution in [3.63, 3.8) is 0 Å². The maximum absolute atomic E-state index is 4.65. The van der Waals surface area contributed by atoms with Crippen LogP contribution in [0.2, 0.25) is 0 Å². The first-order chi connectivity index (χ1) is 9.72. The lowest BCUT2D eigenvalue weighted by Crippen LogP contribution is -2.44. The molecule has 0 saturated heterocycles. The van der Waals surface area contributed by atoms with Gasteiger partial charge in [0, 0.05) is 24.3 Å². The fourth-order valence-corrected chi connectivity index (χ4v) is 3.36. The molecule has 2 unspecified atom stereocenters. The average Bonchev–Trinajstić information content (AvgIpc) is 2.45. The highest BCUT2D eigenvalue weighted by molar-refractivity contribution is 5.10. The lowest BCUT2D eigenvalue weighted by Gasteiger charge is -2.37. The third-order valence-corrected chi connectivity index (χ3v) is 4.37. The Balaban J connectivity index is 1.97. The van der Waals surface area contributed by atoms with Crippen LogP contribution in [-0.2, 0) is 6.54 Å². The zero-order chi connectivity index (χ0) is 14.4. The number of hydrogen-bond donors (Lipinski definition) is 1. The zero-order valence-electron chi connectivity index (χ0n) is 13.2. The number of nitrogens with zero attached hydrogens (tertiary/aromatic N) is 2. The smallest absolute Gasteiger partial charge is 0.0547 e. The first kappa shape index (κ1) is 15.5. The van der Waals surface area contributed by atoms with Gasteiger partial charge in [0.1, 0.15) is 0 Å². The van der Waals surface area contributed by atoms with Gasteiger partial charge in [-0.3, -0.25) is 9.88 Å². The normalized spacial score (nSPS) is 23.2. The van der Waals surface area contributed by atoms with Crippen molar-refractivity contribution < 1.29 is 0 Å². The first-order valence-electron chi connectivity index (χ1n) is 8.12. The van der Waals surface area contributed by atoms with Crippen LogP contribution < -0.4 is 5.32 Å². The molecule has 112 valence electrons. The predicted octanol–water partition coefficient (Wildman–Crippen LogP) is 3.13. The zero-order valence-corrected chi connectivity index (χ0v) is 13.2. The average molecular weight is 275 g/mol. The van der Waals surface area contributed by atoms with Crippen LogP contribution in [0.25, 0.3) is 0 Å². The molecule has 0 aliphatic heterocycles. The summed E-state index contributed by atoms with van der Waals surface area (Å²) in [5.41, 5.74) is 2.32. The molecule has 1 aromatic rings. The van der Waals surface area contributed by atoms with Crippen molar-refractivity contribution in [3.8, 4) is 0 Å². The van der Waals surface area contributed by atoms with Crippen molar-refractivity contribution in [2.24, 2.45) is 0 Å². The molecule has 1 aromatic heterocycles. The molecule has 1 saturated carbocycles. The van der Waals surface area contributed by atoms with Crippen molar-refractivity contribution in [1.29, 1.82) is 0 Å². The molecular formula is C17H29N3. The molecule has 1 fully saturated rings. The molecule has 0 spiro atoms. The fraction of sp³-hybridized carbons (Fsp3) is 0.706. The van der Waals surface area contributed by atoms with Gasteiger partial charge >= 0.3 is 0 Å². The second-order valence-corrected chi connectivity index (χ2v) is 5.91. The van der Waals surface area contributed by atoms with E-state index in [1.54, 1.807) is 0 Å². The van der Waals surface area contributed by atoms with Crippen LogP contribution in [0.4, 0.5) is 0 Å². The summed E-state index contributed by atoms with van der Waals surface area (Å²) < 4.78 is 0. The van der Waals surface area contributed by atoms with Gasteiger partial charge in [0.05, 0.1) is 5.69 Å². The second-order valence-electron chi connectivity index (χ2n) is 5.91. The molecule has 3 heteroatoms. The lowest BCUT2D eigenvalue weighted by atomic mass is 9.89. The highest BCUT2D eigenvalue weighted by Gasteiger charge is 2.25. The summed E-state index contributed by atoms with van der Waals surface area (Å²) in [4.78, 5) is 7.26. The molecule has 0 aromatic carbocycles. The number of pyridine rings is 1. The number of aromatic nitrogens is 1. The summed E-state index contributed by atoms with van der Waals surface area (Å²) in [7, 11) is 0. The summed E-state index contributed by atoms with van der Waals surface area (Å²) in [6.07, 6.45) is 5.31. The standard InChI is InChI=1S/C17H29N3/c1-4-18-15-9-7-11-17(12-15)20(5-2)13-16-10-6-8-14(3)19-16/h6,8,10,15,17-18H,4-5,7,9,11-13H2,1-3H3. The van der Waals surface area contributed by atoms with E-state index in [2.05, 4.69) is 54.2 Å². The van der Waals surface area contributed by atoms with E-state index in [9.17, 15) is 0 Å². The van der Waals surface area contributed by atoms with Gasteiger partial charge in [0.2, 0.25) is 0 Å². The van der Waals surface area contributed by atoms with E-state index in [4.69, 9.17) is 0 Å². The molecule has 1 N–H and O–H groups in total. The maximum atomic E-state index is 4.65. The van der Waals surface area contributed by atoms with E-state index in [-0.39, 0.29) is 0 Å². The molecule has 0 radical (unpaired) electrons. The van der Waals surface area contributed by atoms with Gasteiger partial charge in [-0.05, 0) is 51.4 Å². The molecule has 0 bridgehead atoms. The number of aryl methyl sites for hydroxylation is 1. The summed E-state index contributed by atoms with van der Waals surface area (Å²) in [5.74, 6) is 0. The summed E-state index contributed by atoms with van der Waals surface area (Å²) in [6, 6.07) is 7.76. The molecule has 2 atom stereocenters. The third-order valence-electron chi connectivity index (χ3n) is 4.37. The van der Waals surface area contributed by atoms with Crippen molar-refractivity contribution in [2.45, 2.75) is 65.1 Å². The van der Waals surface area contributed by atoms with Crippen LogP contribution in [0.3, 0.4) is 0 Å². The molecule has 1 heterocycles. The van der Waals surface area contributed by atoms with Gasteiger partial charge < -0.3 is 5.32 Å². The van der Waals surface area contributed by atoms with E-state index in [1.807, 2.05) is 0 Å². The summed E-state index contributed by atoms with van der Waals surface area (Å²) in [6.45, 7) is 9.73. The molecule has 1 aliphatic rings. The highest BCUT2D eigenvalue weighted by Crippen LogP contribution is 2.24. The van der Waals surface area contributed by atoms with Gasteiger partial charge in [-0.2, -0.15) is 0 Å². The molecule has 1 aliphatic carbocycles. The van der Waals surface area contributed by atoms with Crippen molar-refractivity contribution >= 4 is 0 Å². The van der Waals surface area contributed by atoms with Crippen molar-refractivity contribution in [2.75, 3.05) is 13.1 Å². The van der Waals surface area contributed by atoms with Crippen LogP contribution in [0.1, 0.15) is 50.9 Å². The minimum Gasteiger partial charge on any atom is -0.314 e. The number of nitrogens with one attached hydrogen (secondary N) is 1. The Kier molecular flexibility index (Phi) is 5.99. The molecule has 3 nitrogen and oxygen atoms in total. The summed E-state index contributed by atoms with van der Waals surface area (Å²) >= 11 is 0. The Morgan fingerprint density at radius 3 is 2.85 bits per heavy atom. The van der Waals surface area contributed by atoms with Crippen molar-refractivity contribution in [1.82, 2.24) is 15.2 Å². The van der Waals surface area contributed by atoms with E-state index < -0.39 is 0 Å². The number of hydrogen-bond acceptors (Lipinski definition) is 3. The Morgan fingerprint density at radius 1 is 1.30 bits per heavy atom. The van der Waals surface area contributed by atoms with Crippen LogP contribution in [-0.4, -0.2) is 35.1 Å². The largest absolute Gasteiger partial charge is 0.314 e. The predicted molar refractivity (Wildman–Crippen MR) is 84.8 cm³/mol. The van der Waals surface area contributed by atoms with Crippen LogP contribution in [0.5, 0.6) is 0 Å². The van der Waals surface area contributed by atoms with Gasteiger partial charge in [0.25, 0.3) is 0 Å². The minimum absolute atomic E-state index is 0.707. The van der Waals surface area contributed by atoms with Crippen molar-refractivity contribution in [3.05, 3.63) is 29.6 Å². The maximum Gasteiger partial charge on any atom is 0.0547 e. The van der Waals surface area contributed by atoms with Crippen LogP contribution >= 0.6 is 0 Å². The molecular weight excluding hydrogens is 246 g/mol. The van der Waals surface area contributed by atoms with E-state index in [1.165, 1.54) is 31.4 Å². The molecule has 0 amide bonds. The fourth-order valence-electron chi connectivity index (χ4n) is 3.36. The Bertz CT molecular complexity index is 403. The third kappa shape index (κ3) is 4.29. The SMILES string of the molecule is CCNC1CCCC(N(CC)Cc2cccc(C)n2)C1. The Labute approximate surface area is 123 Å². The van der Waals surface area contributed by atoms with Gasteiger partial charge in [-0.1, -0.05) is 26.3 Å². The molecule has 20 heavy (non-hydrogen) atoms. The number of rotatable bonds is 6. The monoisotopic (exact) mass is 275 g/mol. The first-order valence-corrected chi connectivity index (χ1v) is 8.12. The van der Waals surface area contributed by atoms with E-state index >= 15 is 0 Å². The molecule has 2 rings (SSSR count). The Morgan fingerprint density at radius 2 is 2.15 bits per heavy atom. The van der Waals surface area contributed by atoms with Crippen LogP contribution in [0, 0.1) is 6.92 Å². The summed E-state index contributed by atoms with van der Waals surface area (Å²) in [5, 5.41) is 3.62.